The molecule has 5 nitrogen and oxygen atoms in total. The molecule has 188 valence electrons. The number of aryl methyl sites for hydroxylation is 1. The summed E-state index contributed by atoms with van der Waals surface area (Å²) in [5, 5.41) is 3.08. The van der Waals surface area contributed by atoms with Crippen LogP contribution in [0, 0.1) is 6.92 Å². The van der Waals surface area contributed by atoms with Gasteiger partial charge in [-0.25, -0.2) is 13.4 Å². The molecule has 0 bridgehead atoms. The van der Waals surface area contributed by atoms with Crippen LogP contribution in [0.25, 0.3) is 21.7 Å². The number of carbonyl (C=O) groups is 1. The number of aromatic nitrogens is 1. The first-order valence-corrected chi connectivity index (χ1v) is 19.1. The van der Waals surface area contributed by atoms with E-state index in [1.807, 2.05) is 48.7 Å². The molecule has 0 radical (unpaired) electrons. The lowest BCUT2D eigenvalue weighted by molar-refractivity contribution is -0.144. The second-order valence-corrected chi connectivity index (χ2v) is 20.7. The van der Waals surface area contributed by atoms with Crippen LogP contribution < -0.4 is 0 Å². The average Bonchev–Trinajstić information content (AvgIpc) is 3.44. The minimum Gasteiger partial charge on any atom is -0.466 e. The Balaban J connectivity index is 1.58. The smallest absolute Gasteiger partial charge is 0.307 e. The summed E-state index contributed by atoms with van der Waals surface area (Å²) in [6, 6.07) is 12.9. The maximum Gasteiger partial charge on any atom is 0.307 e. The molecular weight excluding hydrogens is 515 g/mol. The lowest BCUT2D eigenvalue weighted by atomic mass is 9.95. The molecule has 1 fully saturated rings. The van der Waals surface area contributed by atoms with Crippen molar-refractivity contribution >= 4 is 46.6 Å². The van der Waals surface area contributed by atoms with E-state index in [0.717, 1.165) is 44.0 Å². The summed E-state index contributed by atoms with van der Waals surface area (Å²) in [6.07, 6.45) is 1.78. The van der Waals surface area contributed by atoms with Crippen molar-refractivity contribution in [2.45, 2.75) is 63.0 Å². The maximum absolute atomic E-state index is 13.4. The predicted octanol–water partition coefficient (Wildman–Crippen LogP) is 6.91. The highest BCUT2D eigenvalue weighted by Crippen LogP contribution is 2.47. The molecule has 0 unspecified atom stereocenters. The highest BCUT2D eigenvalue weighted by atomic mass is 32.2. The second-order valence-electron chi connectivity index (χ2n) is 10.5. The van der Waals surface area contributed by atoms with E-state index in [4.69, 9.17) is 4.74 Å². The van der Waals surface area contributed by atoms with Gasteiger partial charge in [-0.1, -0.05) is 50.3 Å². The van der Waals surface area contributed by atoms with Crippen molar-refractivity contribution in [2.75, 3.05) is 12.4 Å². The van der Waals surface area contributed by atoms with Crippen LogP contribution in [0.3, 0.4) is 0 Å². The molecule has 1 atom stereocenters. The van der Waals surface area contributed by atoms with Crippen molar-refractivity contribution in [2.24, 2.45) is 0 Å². The van der Waals surface area contributed by atoms with Gasteiger partial charge in [-0.05, 0) is 43.5 Å². The predicted molar refractivity (Wildman–Crippen MR) is 149 cm³/mol. The van der Waals surface area contributed by atoms with E-state index in [-0.39, 0.29) is 12.2 Å². The number of esters is 1. The average molecular weight is 548 g/mol. The van der Waals surface area contributed by atoms with E-state index in [9.17, 15) is 13.2 Å². The number of hydrogen-bond donors (Lipinski definition) is 0. The van der Waals surface area contributed by atoms with Crippen LogP contribution in [0.5, 0.6) is 0 Å². The quantitative estimate of drug-likeness (QED) is 0.226. The third-order valence-corrected chi connectivity index (χ3v) is 13.1. The van der Waals surface area contributed by atoms with Crippen molar-refractivity contribution in [3.05, 3.63) is 51.7 Å². The molecule has 0 aliphatic carbocycles. The highest BCUT2D eigenvalue weighted by molar-refractivity contribution is 7.92. The molecule has 1 aliphatic heterocycles. The SMILES string of the molecule is Cc1nc(-c2ccc(-c3ccc([C@@]4(CC(=O)OCC[Si](C)(C)C)CCCCS4(=O)=O)s3)cc2)cs1. The van der Waals surface area contributed by atoms with Gasteiger partial charge in [0.15, 0.2) is 9.84 Å². The van der Waals surface area contributed by atoms with E-state index in [1.165, 1.54) is 11.3 Å². The number of carbonyl (C=O) groups excluding carboxylic acids is 1. The van der Waals surface area contributed by atoms with E-state index in [2.05, 4.69) is 24.6 Å². The summed E-state index contributed by atoms with van der Waals surface area (Å²) in [7, 11) is -4.83. The van der Waals surface area contributed by atoms with Gasteiger partial charge in [0, 0.05) is 28.8 Å². The minimum absolute atomic E-state index is 0.108. The molecule has 35 heavy (non-hydrogen) atoms. The Morgan fingerprint density at radius 3 is 2.43 bits per heavy atom. The van der Waals surface area contributed by atoms with Gasteiger partial charge in [0.1, 0.15) is 4.75 Å². The Morgan fingerprint density at radius 2 is 1.80 bits per heavy atom. The molecular formula is C26H33NO4S3Si. The van der Waals surface area contributed by atoms with Crippen LogP contribution in [-0.2, 0) is 24.1 Å². The number of ether oxygens (including phenoxy) is 1. The standard InChI is InChI=1S/C26H33NO4S3Si/c1-19-27-22(18-32-19)20-7-9-21(10-8-20)23-11-12-24(33-23)26(13-5-6-15-34(26,29)30)17-25(28)31-14-16-35(2,3)4/h7-12,18H,5-6,13-17H2,1-4H3/t26-/m0/s1. The van der Waals surface area contributed by atoms with E-state index in [1.54, 1.807) is 11.3 Å². The molecule has 1 aromatic carbocycles. The fourth-order valence-corrected chi connectivity index (χ4v) is 9.52. The number of rotatable bonds is 8. The normalized spacial score (nSPS) is 20.0. The summed E-state index contributed by atoms with van der Waals surface area (Å²) in [5.74, 6) is -0.295. The van der Waals surface area contributed by atoms with Gasteiger partial charge in [-0.15, -0.1) is 22.7 Å². The fraction of sp³-hybridized carbons (Fsp3) is 0.462. The van der Waals surface area contributed by atoms with Crippen LogP contribution in [0.15, 0.2) is 41.8 Å². The lowest BCUT2D eigenvalue weighted by Crippen LogP contribution is -2.42. The zero-order valence-corrected chi connectivity index (χ0v) is 24.2. The molecule has 0 amide bonds. The van der Waals surface area contributed by atoms with Gasteiger partial charge in [-0.3, -0.25) is 4.79 Å². The van der Waals surface area contributed by atoms with Crippen molar-refractivity contribution < 1.29 is 17.9 Å². The number of thiophene rings is 1. The fourth-order valence-electron chi connectivity index (χ4n) is 4.41. The molecule has 4 rings (SSSR count). The van der Waals surface area contributed by atoms with Crippen molar-refractivity contribution in [3.63, 3.8) is 0 Å². The van der Waals surface area contributed by atoms with Crippen molar-refractivity contribution in [1.29, 1.82) is 0 Å². The summed E-state index contributed by atoms with van der Waals surface area (Å²) in [5.41, 5.74) is 3.05. The third kappa shape index (κ3) is 5.95. The van der Waals surface area contributed by atoms with Crippen LogP contribution in [-0.4, -0.2) is 39.8 Å². The first kappa shape index (κ1) is 26.3. The number of sulfone groups is 1. The molecule has 3 heterocycles. The first-order chi connectivity index (χ1) is 16.5. The molecule has 0 spiro atoms. The summed E-state index contributed by atoms with van der Waals surface area (Å²) in [4.78, 5) is 19.1. The minimum atomic E-state index is -3.48. The molecule has 0 saturated carbocycles. The number of nitrogens with zero attached hydrogens (tertiary/aromatic N) is 1. The molecule has 1 aliphatic rings. The van der Waals surface area contributed by atoms with Crippen LogP contribution >= 0.6 is 22.7 Å². The zero-order chi connectivity index (χ0) is 25.3. The maximum atomic E-state index is 13.4. The Kier molecular flexibility index (Phi) is 7.71. The lowest BCUT2D eigenvalue weighted by Gasteiger charge is -2.35. The number of hydrogen-bond acceptors (Lipinski definition) is 7. The van der Waals surface area contributed by atoms with Crippen molar-refractivity contribution in [3.8, 4) is 21.7 Å². The summed E-state index contributed by atoms with van der Waals surface area (Å²) < 4.78 is 31.2. The van der Waals surface area contributed by atoms with Gasteiger partial charge in [0.05, 0.1) is 29.5 Å². The Bertz CT molecular complexity index is 1290. The molecule has 0 N–H and O–H groups in total. The van der Waals surface area contributed by atoms with Gasteiger partial charge >= 0.3 is 5.97 Å². The third-order valence-electron chi connectivity index (χ3n) is 6.52. The Morgan fingerprint density at radius 1 is 1.09 bits per heavy atom. The summed E-state index contributed by atoms with van der Waals surface area (Å²) >= 11 is 3.10. The largest absolute Gasteiger partial charge is 0.466 e. The number of benzene rings is 1. The van der Waals surface area contributed by atoms with Crippen molar-refractivity contribution in [1.82, 2.24) is 4.98 Å². The van der Waals surface area contributed by atoms with E-state index in [0.29, 0.717) is 19.4 Å². The molecule has 9 heteroatoms. The van der Waals surface area contributed by atoms with Crippen LogP contribution in [0.2, 0.25) is 25.7 Å². The van der Waals surface area contributed by atoms with Gasteiger partial charge < -0.3 is 4.74 Å². The Labute approximate surface area is 217 Å². The van der Waals surface area contributed by atoms with Gasteiger partial charge in [-0.2, -0.15) is 0 Å². The van der Waals surface area contributed by atoms with Gasteiger partial charge in [0.2, 0.25) is 0 Å². The van der Waals surface area contributed by atoms with Gasteiger partial charge in [0.25, 0.3) is 0 Å². The monoisotopic (exact) mass is 547 g/mol. The first-order valence-electron chi connectivity index (χ1n) is 12.0. The zero-order valence-electron chi connectivity index (χ0n) is 20.8. The van der Waals surface area contributed by atoms with Crippen LogP contribution in [0.4, 0.5) is 0 Å². The van der Waals surface area contributed by atoms with E-state index < -0.39 is 28.6 Å². The molecule has 3 aromatic rings. The highest BCUT2D eigenvalue weighted by Gasteiger charge is 2.49. The molecule has 1 saturated heterocycles. The summed E-state index contributed by atoms with van der Waals surface area (Å²) in [6.45, 7) is 9.04. The van der Waals surface area contributed by atoms with E-state index >= 15 is 0 Å². The number of thiazole rings is 1. The second kappa shape index (κ2) is 10.3. The topological polar surface area (TPSA) is 73.3 Å². The van der Waals surface area contributed by atoms with Crippen LogP contribution in [0.1, 0.15) is 35.6 Å². The molecule has 2 aromatic heterocycles. The Hall–Kier alpha value is -1.81.